The average molecular weight is 210 g/mol. The highest BCUT2D eigenvalue weighted by Crippen LogP contribution is 2.33. The van der Waals surface area contributed by atoms with Gasteiger partial charge in [-0.1, -0.05) is 6.92 Å². The minimum Gasteiger partial charge on any atom is -0.385 e. The third kappa shape index (κ3) is 1.92. The van der Waals surface area contributed by atoms with Crippen molar-refractivity contribution in [1.29, 1.82) is 0 Å². The molecule has 3 atom stereocenters. The Balaban J connectivity index is 2.13. The third-order valence-corrected chi connectivity index (χ3v) is 3.19. The van der Waals surface area contributed by atoms with Crippen LogP contribution in [-0.2, 0) is 11.8 Å². The Morgan fingerprint density at radius 1 is 1.73 bits per heavy atom. The molecule has 4 heteroatoms. The van der Waals surface area contributed by atoms with Crippen molar-refractivity contribution < 1.29 is 9.84 Å². The van der Waals surface area contributed by atoms with E-state index in [2.05, 4.69) is 11.9 Å². The van der Waals surface area contributed by atoms with E-state index >= 15 is 0 Å². The van der Waals surface area contributed by atoms with Crippen molar-refractivity contribution in [3.05, 3.63) is 18.2 Å². The molecule has 0 amide bonds. The Hall–Kier alpha value is -0.870. The summed E-state index contributed by atoms with van der Waals surface area (Å²) in [6.07, 6.45) is 5.12. The second-order valence-corrected chi connectivity index (χ2v) is 4.11. The van der Waals surface area contributed by atoms with Crippen LogP contribution in [0.15, 0.2) is 12.4 Å². The molecule has 2 heterocycles. The lowest BCUT2D eigenvalue weighted by Crippen LogP contribution is -2.24. The Morgan fingerprint density at radius 3 is 3.13 bits per heavy atom. The Bertz CT molecular complexity index is 324. The molecule has 0 aliphatic carbocycles. The van der Waals surface area contributed by atoms with Crippen LogP contribution in [0.5, 0.6) is 0 Å². The number of rotatable bonds is 3. The van der Waals surface area contributed by atoms with E-state index in [0.717, 1.165) is 25.3 Å². The zero-order chi connectivity index (χ0) is 10.8. The summed E-state index contributed by atoms with van der Waals surface area (Å²) in [5.74, 6) is 0.931. The molecule has 2 rings (SSSR count). The second kappa shape index (κ2) is 4.33. The van der Waals surface area contributed by atoms with Gasteiger partial charge in [0.15, 0.2) is 0 Å². The van der Waals surface area contributed by atoms with Crippen molar-refractivity contribution in [2.24, 2.45) is 13.0 Å². The predicted molar refractivity (Wildman–Crippen MR) is 56.3 cm³/mol. The van der Waals surface area contributed by atoms with Crippen molar-refractivity contribution in [2.45, 2.75) is 32.0 Å². The van der Waals surface area contributed by atoms with E-state index in [1.807, 2.05) is 17.8 Å². The lowest BCUT2D eigenvalue weighted by Gasteiger charge is -2.22. The first-order valence-electron chi connectivity index (χ1n) is 5.51. The lowest BCUT2D eigenvalue weighted by molar-refractivity contribution is 0.0257. The van der Waals surface area contributed by atoms with E-state index < -0.39 is 6.10 Å². The van der Waals surface area contributed by atoms with Crippen LogP contribution in [0.25, 0.3) is 0 Å². The highest BCUT2D eigenvalue weighted by atomic mass is 16.5. The maximum atomic E-state index is 10.2. The summed E-state index contributed by atoms with van der Waals surface area (Å²) in [7, 11) is 1.91. The van der Waals surface area contributed by atoms with E-state index in [1.54, 1.807) is 6.20 Å². The molecule has 0 bridgehead atoms. The van der Waals surface area contributed by atoms with Crippen LogP contribution in [-0.4, -0.2) is 27.4 Å². The molecule has 1 aromatic rings. The standard InChI is InChI=1S/C11H18N2O2/c1-3-9-8(4-7-15-9)10(14)11-12-5-6-13(11)2/h5-6,8-10,14H,3-4,7H2,1-2H3. The summed E-state index contributed by atoms with van der Waals surface area (Å²) in [4.78, 5) is 4.19. The zero-order valence-corrected chi connectivity index (χ0v) is 9.26. The molecule has 15 heavy (non-hydrogen) atoms. The van der Waals surface area contributed by atoms with Crippen LogP contribution in [0.2, 0.25) is 0 Å². The van der Waals surface area contributed by atoms with Crippen molar-refractivity contribution in [2.75, 3.05) is 6.61 Å². The highest BCUT2D eigenvalue weighted by molar-refractivity contribution is 5.00. The van der Waals surface area contributed by atoms with Gasteiger partial charge in [-0.05, 0) is 12.8 Å². The minimum atomic E-state index is -0.502. The number of aliphatic hydroxyl groups excluding tert-OH is 1. The van der Waals surface area contributed by atoms with E-state index in [-0.39, 0.29) is 12.0 Å². The van der Waals surface area contributed by atoms with E-state index in [0.29, 0.717) is 0 Å². The van der Waals surface area contributed by atoms with Crippen molar-refractivity contribution in [3.63, 3.8) is 0 Å². The maximum absolute atomic E-state index is 10.2. The summed E-state index contributed by atoms with van der Waals surface area (Å²) in [5.41, 5.74) is 0. The molecule has 1 N–H and O–H groups in total. The maximum Gasteiger partial charge on any atom is 0.137 e. The van der Waals surface area contributed by atoms with Gasteiger partial charge in [-0.15, -0.1) is 0 Å². The first-order chi connectivity index (χ1) is 7.24. The molecule has 1 aliphatic heterocycles. The summed E-state index contributed by atoms with van der Waals surface area (Å²) >= 11 is 0. The molecular formula is C11H18N2O2. The quantitative estimate of drug-likeness (QED) is 0.817. The Morgan fingerprint density at radius 2 is 2.53 bits per heavy atom. The van der Waals surface area contributed by atoms with Crippen molar-refractivity contribution >= 4 is 0 Å². The van der Waals surface area contributed by atoms with E-state index in [4.69, 9.17) is 4.74 Å². The van der Waals surface area contributed by atoms with Crippen LogP contribution >= 0.6 is 0 Å². The Kier molecular flexibility index (Phi) is 3.07. The molecule has 3 unspecified atom stereocenters. The summed E-state index contributed by atoms with van der Waals surface area (Å²) in [5, 5.41) is 10.2. The lowest BCUT2D eigenvalue weighted by atomic mass is 9.93. The van der Waals surface area contributed by atoms with Crippen molar-refractivity contribution in [1.82, 2.24) is 9.55 Å². The average Bonchev–Trinajstić information content (AvgIpc) is 2.84. The molecule has 1 aliphatic rings. The molecule has 0 radical (unpaired) electrons. The third-order valence-electron chi connectivity index (χ3n) is 3.19. The summed E-state index contributed by atoms with van der Waals surface area (Å²) < 4.78 is 7.45. The number of hydrogen-bond acceptors (Lipinski definition) is 3. The van der Waals surface area contributed by atoms with Gasteiger partial charge in [-0.3, -0.25) is 0 Å². The normalized spacial score (nSPS) is 28.2. The fourth-order valence-electron chi connectivity index (χ4n) is 2.30. The number of aromatic nitrogens is 2. The molecule has 84 valence electrons. The van der Waals surface area contributed by atoms with Gasteiger partial charge in [0.2, 0.25) is 0 Å². The predicted octanol–water partition coefficient (Wildman–Crippen LogP) is 1.27. The van der Waals surface area contributed by atoms with E-state index in [1.165, 1.54) is 0 Å². The van der Waals surface area contributed by atoms with Crippen LogP contribution in [0.3, 0.4) is 0 Å². The number of aryl methyl sites for hydroxylation is 1. The number of aliphatic hydroxyl groups is 1. The molecule has 0 aromatic carbocycles. The number of imidazole rings is 1. The SMILES string of the molecule is CCC1OCCC1C(O)c1nccn1C. The van der Waals surface area contributed by atoms with Gasteiger partial charge >= 0.3 is 0 Å². The number of ether oxygens (including phenoxy) is 1. The smallest absolute Gasteiger partial charge is 0.137 e. The monoisotopic (exact) mass is 210 g/mol. The second-order valence-electron chi connectivity index (χ2n) is 4.11. The molecule has 1 aromatic heterocycles. The molecule has 0 spiro atoms. The number of nitrogens with zero attached hydrogens (tertiary/aromatic N) is 2. The van der Waals surface area contributed by atoms with Gasteiger partial charge in [0.05, 0.1) is 6.10 Å². The fraction of sp³-hybridized carbons (Fsp3) is 0.727. The molecular weight excluding hydrogens is 192 g/mol. The Labute approximate surface area is 89.9 Å². The highest BCUT2D eigenvalue weighted by Gasteiger charge is 2.35. The topological polar surface area (TPSA) is 47.3 Å². The minimum absolute atomic E-state index is 0.177. The van der Waals surface area contributed by atoms with Gasteiger partial charge in [0, 0.05) is 32.0 Å². The van der Waals surface area contributed by atoms with Gasteiger partial charge in [0.1, 0.15) is 11.9 Å². The molecule has 0 saturated carbocycles. The summed E-state index contributed by atoms with van der Waals surface area (Å²) in [6.45, 7) is 2.85. The largest absolute Gasteiger partial charge is 0.385 e. The van der Waals surface area contributed by atoms with Crippen LogP contribution in [0, 0.1) is 5.92 Å². The van der Waals surface area contributed by atoms with Gasteiger partial charge in [-0.25, -0.2) is 4.98 Å². The van der Waals surface area contributed by atoms with Crippen LogP contribution in [0.4, 0.5) is 0 Å². The van der Waals surface area contributed by atoms with Crippen LogP contribution in [0.1, 0.15) is 31.7 Å². The first-order valence-corrected chi connectivity index (χ1v) is 5.51. The van der Waals surface area contributed by atoms with Gasteiger partial charge < -0.3 is 14.4 Å². The zero-order valence-electron chi connectivity index (χ0n) is 9.26. The summed E-state index contributed by atoms with van der Waals surface area (Å²) in [6, 6.07) is 0. The van der Waals surface area contributed by atoms with E-state index in [9.17, 15) is 5.11 Å². The van der Waals surface area contributed by atoms with Crippen molar-refractivity contribution in [3.8, 4) is 0 Å². The van der Waals surface area contributed by atoms with Gasteiger partial charge in [-0.2, -0.15) is 0 Å². The molecule has 1 fully saturated rings. The molecule has 1 saturated heterocycles. The van der Waals surface area contributed by atoms with Crippen LogP contribution < -0.4 is 0 Å². The fourth-order valence-corrected chi connectivity index (χ4v) is 2.30. The number of hydrogen-bond donors (Lipinski definition) is 1. The molecule has 4 nitrogen and oxygen atoms in total. The van der Waals surface area contributed by atoms with Gasteiger partial charge in [0.25, 0.3) is 0 Å². The first kappa shape index (κ1) is 10.6.